The Morgan fingerprint density at radius 2 is 2.06 bits per heavy atom. The van der Waals surface area contributed by atoms with Gasteiger partial charge in [-0.3, -0.25) is 4.79 Å². The Labute approximate surface area is 114 Å². The van der Waals surface area contributed by atoms with E-state index in [9.17, 15) is 4.79 Å². The molecular formula is C14H21ClN2O. The summed E-state index contributed by atoms with van der Waals surface area (Å²) in [6, 6.07) is 7.22. The lowest BCUT2D eigenvalue weighted by Crippen LogP contribution is -2.42. The predicted octanol–water partition coefficient (Wildman–Crippen LogP) is 2.37. The molecule has 0 fully saturated rings. The van der Waals surface area contributed by atoms with Gasteiger partial charge in [-0.05, 0) is 30.4 Å². The molecule has 0 bridgehead atoms. The average molecular weight is 269 g/mol. The van der Waals surface area contributed by atoms with Crippen LogP contribution in [-0.4, -0.2) is 18.5 Å². The molecule has 1 aromatic carbocycles. The lowest BCUT2D eigenvalue weighted by Gasteiger charge is -2.14. The zero-order chi connectivity index (χ0) is 13.5. The Morgan fingerprint density at radius 3 is 2.67 bits per heavy atom. The molecule has 0 saturated heterocycles. The van der Waals surface area contributed by atoms with Crippen molar-refractivity contribution in [1.82, 2.24) is 5.32 Å². The van der Waals surface area contributed by atoms with Gasteiger partial charge in [0.2, 0.25) is 5.91 Å². The van der Waals surface area contributed by atoms with Gasteiger partial charge in [-0.15, -0.1) is 0 Å². The van der Waals surface area contributed by atoms with Gasteiger partial charge in [0, 0.05) is 11.6 Å². The lowest BCUT2D eigenvalue weighted by molar-refractivity contribution is -0.122. The standard InChI is InChI=1S/C14H21ClN2O/c1-10(2)9-13(16)14(18)17-8-7-11-5-3-4-6-12(11)15/h3-6,10,13H,7-9,16H2,1-2H3,(H,17,18). The molecule has 100 valence electrons. The largest absolute Gasteiger partial charge is 0.354 e. The van der Waals surface area contributed by atoms with Crippen molar-refractivity contribution in [3.63, 3.8) is 0 Å². The van der Waals surface area contributed by atoms with Gasteiger partial charge in [0.05, 0.1) is 6.04 Å². The summed E-state index contributed by atoms with van der Waals surface area (Å²) in [4.78, 5) is 11.7. The molecule has 1 atom stereocenters. The van der Waals surface area contributed by atoms with Crippen LogP contribution >= 0.6 is 11.6 Å². The molecule has 0 heterocycles. The van der Waals surface area contributed by atoms with Crippen LogP contribution in [-0.2, 0) is 11.2 Å². The van der Waals surface area contributed by atoms with E-state index in [-0.39, 0.29) is 5.91 Å². The van der Waals surface area contributed by atoms with Crippen LogP contribution in [0.3, 0.4) is 0 Å². The summed E-state index contributed by atoms with van der Waals surface area (Å²) in [5.74, 6) is 0.338. The van der Waals surface area contributed by atoms with E-state index in [1.165, 1.54) is 0 Å². The quantitative estimate of drug-likeness (QED) is 0.832. The van der Waals surface area contributed by atoms with Crippen LogP contribution in [0.25, 0.3) is 0 Å². The second-order valence-electron chi connectivity index (χ2n) is 4.87. The van der Waals surface area contributed by atoms with Crippen LogP contribution in [0.5, 0.6) is 0 Å². The van der Waals surface area contributed by atoms with Crippen LogP contribution in [0.1, 0.15) is 25.8 Å². The van der Waals surface area contributed by atoms with Gasteiger partial charge in [-0.1, -0.05) is 43.6 Å². The first-order valence-electron chi connectivity index (χ1n) is 6.27. The fourth-order valence-electron chi connectivity index (χ4n) is 1.77. The fourth-order valence-corrected chi connectivity index (χ4v) is 2.00. The molecule has 0 aliphatic carbocycles. The minimum absolute atomic E-state index is 0.0873. The molecule has 0 aliphatic rings. The zero-order valence-corrected chi connectivity index (χ0v) is 11.7. The molecule has 0 radical (unpaired) electrons. The molecule has 0 aliphatic heterocycles. The van der Waals surface area contributed by atoms with Crippen LogP contribution in [0.2, 0.25) is 5.02 Å². The molecule has 0 aromatic heterocycles. The summed E-state index contributed by atoms with van der Waals surface area (Å²) in [7, 11) is 0. The number of benzene rings is 1. The van der Waals surface area contributed by atoms with Crippen molar-refractivity contribution >= 4 is 17.5 Å². The summed E-state index contributed by atoms with van der Waals surface area (Å²) in [5.41, 5.74) is 6.83. The molecule has 4 heteroatoms. The highest BCUT2D eigenvalue weighted by Gasteiger charge is 2.14. The maximum atomic E-state index is 11.7. The third-order valence-electron chi connectivity index (χ3n) is 2.71. The SMILES string of the molecule is CC(C)CC(N)C(=O)NCCc1ccccc1Cl. The number of hydrogen-bond acceptors (Lipinski definition) is 2. The fraction of sp³-hybridized carbons (Fsp3) is 0.500. The molecule has 3 N–H and O–H groups in total. The van der Waals surface area contributed by atoms with Crippen molar-refractivity contribution in [2.24, 2.45) is 11.7 Å². The number of nitrogens with one attached hydrogen (secondary N) is 1. The maximum absolute atomic E-state index is 11.7. The van der Waals surface area contributed by atoms with Crippen LogP contribution < -0.4 is 11.1 Å². The smallest absolute Gasteiger partial charge is 0.236 e. The summed E-state index contributed by atoms with van der Waals surface area (Å²) >= 11 is 6.03. The van der Waals surface area contributed by atoms with Gasteiger partial charge in [0.25, 0.3) is 0 Å². The lowest BCUT2D eigenvalue weighted by atomic mass is 10.0. The summed E-state index contributed by atoms with van der Waals surface area (Å²) in [6.45, 7) is 4.67. The van der Waals surface area contributed by atoms with E-state index in [1.54, 1.807) is 0 Å². The van der Waals surface area contributed by atoms with Crippen LogP contribution in [0.4, 0.5) is 0 Å². The molecule has 1 rings (SSSR count). The Bertz CT molecular complexity index is 393. The highest BCUT2D eigenvalue weighted by molar-refractivity contribution is 6.31. The van der Waals surface area contributed by atoms with Gasteiger partial charge < -0.3 is 11.1 Å². The number of carbonyl (C=O) groups is 1. The Hall–Kier alpha value is -1.06. The monoisotopic (exact) mass is 268 g/mol. The van der Waals surface area contributed by atoms with Gasteiger partial charge in [-0.25, -0.2) is 0 Å². The third kappa shape index (κ3) is 5.07. The summed E-state index contributed by atoms with van der Waals surface area (Å²) < 4.78 is 0. The Balaban J connectivity index is 2.34. The van der Waals surface area contributed by atoms with Crippen molar-refractivity contribution in [2.45, 2.75) is 32.7 Å². The second-order valence-corrected chi connectivity index (χ2v) is 5.28. The van der Waals surface area contributed by atoms with Crippen molar-refractivity contribution in [1.29, 1.82) is 0 Å². The normalized spacial score (nSPS) is 12.5. The molecule has 0 saturated carbocycles. The molecular weight excluding hydrogens is 248 g/mol. The van der Waals surface area contributed by atoms with Crippen molar-refractivity contribution < 1.29 is 4.79 Å². The summed E-state index contributed by atoms with van der Waals surface area (Å²) in [6.07, 6.45) is 1.43. The highest BCUT2D eigenvalue weighted by Crippen LogP contribution is 2.14. The van der Waals surface area contributed by atoms with E-state index >= 15 is 0 Å². The zero-order valence-electron chi connectivity index (χ0n) is 10.9. The van der Waals surface area contributed by atoms with Gasteiger partial charge in [0.15, 0.2) is 0 Å². The number of nitrogens with two attached hydrogens (primary N) is 1. The average Bonchev–Trinajstić information content (AvgIpc) is 2.30. The van der Waals surface area contributed by atoms with Crippen LogP contribution in [0, 0.1) is 5.92 Å². The number of hydrogen-bond donors (Lipinski definition) is 2. The van der Waals surface area contributed by atoms with Crippen molar-refractivity contribution in [3.8, 4) is 0 Å². The van der Waals surface area contributed by atoms with Gasteiger partial charge in [-0.2, -0.15) is 0 Å². The molecule has 1 aromatic rings. The van der Waals surface area contributed by atoms with Crippen molar-refractivity contribution in [3.05, 3.63) is 34.9 Å². The molecule has 1 amide bonds. The number of halogens is 1. The minimum Gasteiger partial charge on any atom is -0.354 e. The molecule has 3 nitrogen and oxygen atoms in total. The van der Waals surface area contributed by atoms with Gasteiger partial charge >= 0.3 is 0 Å². The van der Waals surface area contributed by atoms with Crippen LogP contribution in [0.15, 0.2) is 24.3 Å². The number of carbonyl (C=O) groups excluding carboxylic acids is 1. The third-order valence-corrected chi connectivity index (χ3v) is 3.08. The summed E-state index contributed by atoms with van der Waals surface area (Å²) in [5, 5.41) is 3.58. The van der Waals surface area contributed by atoms with E-state index < -0.39 is 6.04 Å². The van der Waals surface area contributed by atoms with E-state index in [2.05, 4.69) is 19.2 Å². The second kappa shape index (κ2) is 7.39. The Morgan fingerprint density at radius 1 is 1.39 bits per heavy atom. The Kier molecular flexibility index (Phi) is 6.16. The van der Waals surface area contributed by atoms with E-state index in [4.69, 9.17) is 17.3 Å². The predicted molar refractivity (Wildman–Crippen MR) is 75.6 cm³/mol. The minimum atomic E-state index is -0.420. The number of rotatable bonds is 6. The molecule has 0 spiro atoms. The highest BCUT2D eigenvalue weighted by atomic mass is 35.5. The topological polar surface area (TPSA) is 55.1 Å². The maximum Gasteiger partial charge on any atom is 0.236 e. The number of amides is 1. The first kappa shape index (κ1) is 15.0. The first-order valence-corrected chi connectivity index (χ1v) is 6.65. The molecule has 1 unspecified atom stereocenters. The molecule has 18 heavy (non-hydrogen) atoms. The first-order chi connectivity index (χ1) is 8.50. The van der Waals surface area contributed by atoms with E-state index in [0.29, 0.717) is 18.9 Å². The van der Waals surface area contributed by atoms with E-state index in [1.807, 2.05) is 24.3 Å². The van der Waals surface area contributed by atoms with Crippen molar-refractivity contribution in [2.75, 3.05) is 6.54 Å². The van der Waals surface area contributed by atoms with E-state index in [0.717, 1.165) is 17.0 Å². The van der Waals surface area contributed by atoms with Gasteiger partial charge in [0.1, 0.15) is 0 Å².